The summed E-state index contributed by atoms with van der Waals surface area (Å²) in [6.45, 7) is 1.88. The Morgan fingerprint density at radius 2 is 1.28 bits per heavy atom. The van der Waals surface area contributed by atoms with E-state index in [1.54, 1.807) is 21.3 Å². The van der Waals surface area contributed by atoms with E-state index in [0.29, 0.717) is 30.4 Å². The number of hydrogen-bond acceptors (Lipinski definition) is 5. The highest BCUT2D eigenvalue weighted by molar-refractivity contribution is 5.54. The summed E-state index contributed by atoms with van der Waals surface area (Å²) in [6, 6.07) is 22.0. The standard InChI is InChI=1S/C24H27NO4/c1-26-21-11-9-18(10-12-21)15-25-16-20-13-22(27-2)24(23(14-20)28-3)29-17-19-7-5-4-6-8-19/h4-14,25H,15-17H2,1-3H3. The molecule has 29 heavy (non-hydrogen) atoms. The maximum atomic E-state index is 6.00. The molecule has 3 aromatic rings. The highest BCUT2D eigenvalue weighted by Gasteiger charge is 2.14. The number of nitrogens with one attached hydrogen (secondary N) is 1. The van der Waals surface area contributed by atoms with Gasteiger partial charge in [0.05, 0.1) is 21.3 Å². The van der Waals surface area contributed by atoms with Crippen molar-refractivity contribution in [1.29, 1.82) is 0 Å². The van der Waals surface area contributed by atoms with Crippen LogP contribution >= 0.6 is 0 Å². The van der Waals surface area contributed by atoms with Crippen LogP contribution in [0, 0.1) is 0 Å². The minimum Gasteiger partial charge on any atom is -0.497 e. The van der Waals surface area contributed by atoms with Gasteiger partial charge in [0.1, 0.15) is 12.4 Å². The molecule has 0 aromatic heterocycles. The fourth-order valence-electron chi connectivity index (χ4n) is 3.00. The second-order valence-corrected chi connectivity index (χ2v) is 6.56. The molecule has 0 amide bonds. The van der Waals surface area contributed by atoms with Crippen molar-refractivity contribution in [3.05, 3.63) is 83.4 Å². The summed E-state index contributed by atoms with van der Waals surface area (Å²) in [7, 11) is 4.94. The lowest BCUT2D eigenvalue weighted by molar-refractivity contribution is 0.265. The second kappa shape index (κ2) is 10.4. The summed E-state index contributed by atoms with van der Waals surface area (Å²) in [5.41, 5.74) is 3.33. The number of hydrogen-bond donors (Lipinski definition) is 1. The predicted octanol–water partition coefficient (Wildman–Crippen LogP) is 4.58. The van der Waals surface area contributed by atoms with Gasteiger partial charge in [-0.3, -0.25) is 0 Å². The summed E-state index contributed by atoms with van der Waals surface area (Å²) < 4.78 is 22.3. The van der Waals surface area contributed by atoms with Crippen molar-refractivity contribution in [2.24, 2.45) is 0 Å². The smallest absolute Gasteiger partial charge is 0.203 e. The molecule has 0 fully saturated rings. The zero-order chi connectivity index (χ0) is 20.5. The third kappa shape index (κ3) is 5.65. The van der Waals surface area contributed by atoms with Crippen LogP contribution in [-0.2, 0) is 19.7 Å². The molecule has 0 heterocycles. The van der Waals surface area contributed by atoms with E-state index in [1.807, 2.05) is 66.7 Å². The Bertz CT molecular complexity index is 870. The molecule has 1 N–H and O–H groups in total. The van der Waals surface area contributed by atoms with E-state index < -0.39 is 0 Å². The molecule has 0 aliphatic rings. The van der Waals surface area contributed by atoms with Crippen molar-refractivity contribution in [2.45, 2.75) is 19.7 Å². The van der Waals surface area contributed by atoms with Gasteiger partial charge in [-0.15, -0.1) is 0 Å². The minimum atomic E-state index is 0.447. The summed E-state index contributed by atoms with van der Waals surface area (Å²) in [4.78, 5) is 0. The molecule has 5 heteroatoms. The zero-order valence-electron chi connectivity index (χ0n) is 17.1. The third-order valence-electron chi connectivity index (χ3n) is 4.56. The van der Waals surface area contributed by atoms with Gasteiger partial charge in [0, 0.05) is 13.1 Å². The first kappa shape index (κ1) is 20.6. The zero-order valence-corrected chi connectivity index (χ0v) is 17.1. The van der Waals surface area contributed by atoms with E-state index in [2.05, 4.69) is 5.32 Å². The fraction of sp³-hybridized carbons (Fsp3) is 0.250. The lowest BCUT2D eigenvalue weighted by atomic mass is 10.1. The molecule has 5 nitrogen and oxygen atoms in total. The number of rotatable bonds is 10. The van der Waals surface area contributed by atoms with Crippen LogP contribution in [0.1, 0.15) is 16.7 Å². The monoisotopic (exact) mass is 393 g/mol. The molecule has 152 valence electrons. The number of ether oxygens (including phenoxy) is 4. The molecule has 0 atom stereocenters. The van der Waals surface area contributed by atoms with Crippen molar-refractivity contribution in [3.63, 3.8) is 0 Å². The van der Waals surface area contributed by atoms with Crippen LogP contribution in [0.4, 0.5) is 0 Å². The summed E-state index contributed by atoms with van der Waals surface area (Å²) in [6.07, 6.45) is 0. The Balaban J connectivity index is 1.66. The molecule has 0 spiro atoms. The quantitative estimate of drug-likeness (QED) is 0.546. The first-order valence-electron chi connectivity index (χ1n) is 9.48. The average molecular weight is 393 g/mol. The molecule has 0 unspecified atom stereocenters. The van der Waals surface area contributed by atoms with E-state index in [-0.39, 0.29) is 0 Å². The molecule has 0 bridgehead atoms. The average Bonchev–Trinajstić information content (AvgIpc) is 2.78. The van der Waals surface area contributed by atoms with Gasteiger partial charge < -0.3 is 24.3 Å². The number of methoxy groups -OCH3 is 3. The van der Waals surface area contributed by atoms with Crippen molar-refractivity contribution in [3.8, 4) is 23.0 Å². The van der Waals surface area contributed by atoms with Gasteiger partial charge in [0.2, 0.25) is 5.75 Å². The Morgan fingerprint density at radius 3 is 1.86 bits per heavy atom. The molecule has 0 saturated heterocycles. The van der Waals surface area contributed by atoms with Gasteiger partial charge >= 0.3 is 0 Å². The summed E-state index contributed by atoms with van der Waals surface area (Å²) >= 11 is 0. The molecule has 0 radical (unpaired) electrons. The Labute approximate surface area is 172 Å². The second-order valence-electron chi connectivity index (χ2n) is 6.56. The van der Waals surface area contributed by atoms with E-state index in [9.17, 15) is 0 Å². The Kier molecular flexibility index (Phi) is 7.36. The van der Waals surface area contributed by atoms with Crippen LogP contribution in [0.15, 0.2) is 66.7 Å². The molecule has 3 aromatic carbocycles. The van der Waals surface area contributed by atoms with E-state index in [0.717, 1.165) is 23.4 Å². The molecular weight excluding hydrogens is 366 g/mol. The molecule has 0 saturated carbocycles. The lowest BCUT2D eigenvalue weighted by Crippen LogP contribution is -2.13. The molecule has 3 rings (SSSR count). The highest BCUT2D eigenvalue weighted by atomic mass is 16.5. The van der Waals surface area contributed by atoms with Crippen LogP contribution < -0.4 is 24.3 Å². The van der Waals surface area contributed by atoms with E-state index >= 15 is 0 Å². The van der Waals surface area contributed by atoms with Crippen molar-refractivity contribution in [1.82, 2.24) is 5.32 Å². The maximum Gasteiger partial charge on any atom is 0.203 e. The van der Waals surface area contributed by atoms with E-state index in [4.69, 9.17) is 18.9 Å². The van der Waals surface area contributed by atoms with Gasteiger partial charge in [-0.25, -0.2) is 0 Å². The van der Waals surface area contributed by atoms with Crippen molar-refractivity contribution >= 4 is 0 Å². The van der Waals surface area contributed by atoms with Gasteiger partial charge in [0.25, 0.3) is 0 Å². The van der Waals surface area contributed by atoms with Crippen LogP contribution in [0.2, 0.25) is 0 Å². The summed E-state index contributed by atoms with van der Waals surface area (Å²) in [5.74, 6) is 2.77. The molecular formula is C24H27NO4. The van der Waals surface area contributed by atoms with Gasteiger partial charge in [0.15, 0.2) is 11.5 Å². The van der Waals surface area contributed by atoms with Crippen LogP contribution in [0.3, 0.4) is 0 Å². The molecule has 0 aliphatic heterocycles. The van der Waals surface area contributed by atoms with Crippen LogP contribution in [0.25, 0.3) is 0 Å². The normalized spacial score (nSPS) is 10.4. The van der Waals surface area contributed by atoms with Gasteiger partial charge in [-0.1, -0.05) is 42.5 Å². The topological polar surface area (TPSA) is 49.0 Å². The van der Waals surface area contributed by atoms with Crippen LogP contribution in [-0.4, -0.2) is 21.3 Å². The van der Waals surface area contributed by atoms with Crippen LogP contribution in [0.5, 0.6) is 23.0 Å². The minimum absolute atomic E-state index is 0.447. The highest BCUT2D eigenvalue weighted by Crippen LogP contribution is 2.39. The van der Waals surface area contributed by atoms with Gasteiger partial charge in [-0.2, -0.15) is 0 Å². The summed E-state index contributed by atoms with van der Waals surface area (Å²) in [5, 5.41) is 3.44. The Morgan fingerprint density at radius 1 is 0.655 bits per heavy atom. The first-order valence-corrected chi connectivity index (χ1v) is 9.48. The maximum absolute atomic E-state index is 6.00. The third-order valence-corrected chi connectivity index (χ3v) is 4.56. The van der Waals surface area contributed by atoms with Crippen molar-refractivity contribution in [2.75, 3.05) is 21.3 Å². The number of benzene rings is 3. The SMILES string of the molecule is COc1ccc(CNCc2cc(OC)c(OCc3ccccc3)c(OC)c2)cc1. The lowest BCUT2D eigenvalue weighted by Gasteiger charge is -2.16. The van der Waals surface area contributed by atoms with E-state index in [1.165, 1.54) is 5.56 Å². The first-order chi connectivity index (χ1) is 14.2. The van der Waals surface area contributed by atoms with Crippen molar-refractivity contribution < 1.29 is 18.9 Å². The molecule has 0 aliphatic carbocycles. The van der Waals surface area contributed by atoms with Gasteiger partial charge in [-0.05, 0) is 41.0 Å². The largest absolute Gasteiger partial charge is 0.497 e. The predicted molar refractivity (Wildman–Crippen MR) is 114 cm³/mol. The Hall–Kier alpha value is -3.18. The fourth-order valence-corrected chi connectivity index (χ4v) is 3.00.